The first-order valence-corrected chi connectivity index (χ1v) is 19.8. The number of aromatic amines is 2. The third kappa shape index (κ3) is 13.4. The minimum Gasteiger partial charge on any atom is -0.370 e. The van der Waals surface area contributed by atoms with Gasteiger partial charge in [-0.25, -0.2) is 4.98 Å². The van der Waals surface area contributed by atoms with E-state index < -0.39 is 83.1 Å². The first kappa shape index (κ1) is 43.4. The van der Waals surface area contributed by atoms with E-state index in [0.29, 0.717) is 28.7 Å². The second kappa shape index (κ2) is 21.2. The van der Waals surface area contributed by atoms with E-state index in [1.807, 2.05) is 30.3 Å². The predicted octanol–water partition coefficient (Wildman–Crippen LogP) is -1.19. The summed E-state index contributed by atoms with van der Waals surface area (Å²) in [7, 11) is 0. The molecule has 2 aromatic heterocycles. The molecule has 59 heavy (non-hydrogen) atoms. The van der Waals surface area contributed by atoms with E-state index in [4.69, 9.17) is 11.5 Å². The highest BCUT2D eigenvalue weighted by Gasteiger charge is 2.33. The van der Waals surface area contributed by atoms with E-state index in [9.17, 15) is 33.6 Å². The van der Waals surface area contributed by atoms with E-state index in [2.05, 4.69) is 51.8 Å². The number of nitrogens with zero attached hydrogens (tertiary/aromatic N) is 2. The second-order valence-electron chi connectivity index (χ2n) is 13.9. The molecule has 1 saturated heterocycles. The molecule has 0 saturated carbocycles. The van der Waals surface area contributed by atoms with E-state index in [0.717, 1.165) is 10.9 Å². The lowest BCUT2D eigenvalue weighted by molar-refractivity contribution is -0.134. The topological polar surface area (TPSA) is 301 Å². The number of hydrogen-bond acceptors (Lipinski definition) is 10. The molecule has 1 fully saturated rings. The molecule has 19 nitrogen and oxygen atoms in total. The molecule has 3 heterocycles. The van der Waals surface area contributed by atoms with Crippen LogP contribution in [0.5, 0.6) is 0 Å². The summed E-state index contributed by atoms with van der Waals surface area (Å²) in [5.41, 5.74) is 13.6. The van der Waals surface area contributed by atoms with Gasteiger partial charge in [0.1, 0.15) is 24.2 Å². The molecule has 5 rings (SSSR count). The number of fused-ring (bicyclic) bond motifs is 1. The van der Waals surface area contributed by atoms with Crippen molar-refractivity contribution < 1.29 is 33.6 Å². The molecule has 2 unspecified atom stereocenters. The maximum Gasteiger partial charge on any atom is 0.243 e. The minimum atomic E-state index is -1.26. The molecule has 20 heteroatoms. The zero-order valence-electron chi connectivity index (χ0n) is 32.3. The minimum absolute atomic E-state index is 0.00131. The van der Waals surface area contributed by atoms with Crippen molar-refractivity contribution in [2.24, 2.45) is 16.5 Å². The number of benzene rings is 2. The Morgan fingerprint density at radius 2 is 1.36 bits per heavy atom. The van der Waals surface area contributed by atoms with Crippen LogP contribution in [0.2, 0.25) is 0 Å². The van der Waals surface area contributed by atoms with Crippen molar-refractivity contribution in [3.63, 3.8) is 0 Å². The average Bonchev–Trinajstić information content (AvgIpc) is 3.89. The van der Waals surface area contributed by atoms with Crippen LogP contribution in [0.3, 0.4) is 0 Å². The van der Waals surface area contributed by atoms with Crippen LogP contribution < -0.4 is 43.4 Å². The lowest BCUT2D eigenvalue weighted by Crippen LogP contribution is -2.59. The smallest absolute Gasteiger partial charge is 0.243 e. The van der Waals surface area contributed by atoms with E-state index in [1.54, 1.807) is 30.3 Å². The highest BCUT2D eigenvalue weighted by atomic mass is 32.2. The summed E-state index contributed by atoms with van der Waals surface area (Å²) in [5, 5.41) is 15.2. The van der Waals surface area contributed by atoms with Gasteiger partial charge in [0.05, 0.1) is 24.7 Å². The summed E-state index contributed by atoms with van der Waals surface area (Å²) in [6.07, 6.45) is 3.07. The highest BCUT2D eigenvalue weighted by Crippen LogP contribution is 2.17. The molecule has 0 radical (unpaired) electrons. The first-order valence-electron chi connectivity index (χ1n) is 18.9. The second-order valence-corrected chi connectivity index (χ2v) is 15.3. The van der Waals surface area contributed by atoms with Gasteiger partial charge < -0.3 is 53.3 Å². The maximum atomic E-state index is 14.3. The zero-order chi connectivity index (χ0) is 42.3. The monoisotopic (exact) mass is 828 g/mol. The zero-order valence-corrected chi connectivity index (χ0v) is 33.1. The van der Waals surface area contributed by atoms with Crippen LogP contribution in [-0.4, -0.2) is 111 Å². The number of thioether (sulfide) groups is 1. The average molecular weight is 829 g/mol. The van der Waals surface area contributed by atoms with Crippen molar-refractivity contribution in [3.05, 3.63) is 90.1 Å². The van der Waals surface area contributed by atoms with Gasteiger partial charge in [-0.3, -0.25) is 38.6 Å². The van der Waals surface area contributed by atoms with E-state index in [1.165, 1.54) is 19.4 Å². The largest absolute Gasteiger partial charge is 0.370 e. The van der Waals surface area contributed by atoms with Crippen LogP contribution in [0.15, 0.2) is 78.2 Å². The molecule has 312 valence electrons. The summed E-state index contributed by atoms with van der Waals surface area (Å²) in [6, 6.07) is 13.1. The van der Waals surface area contributed by atoms with Crippen LogP contribution in [0.4, 0.5) is 0 Å². The number of imidazole rings is 1. The molecule has 6 amide bonds. The normalized spacial score (nSPS) is 21.8. The van der Waals surface area contributed by atoms with Crippen molar-refractivity contribution in [2.75, 3.05) is 19.6 Å². The molecular formula is C39H48N12O7S. The Hall–Kier alpha value is -6.70. The number of aliphatic imine (C=N–C) groups is 1. The van der Waals surface area contributed by atoms with Gasteiger partial charge in [0.25, 0.3) is 0 Å². The van der Waals surface area contributed by atoms with E-state index in [-0.39, 0.29) is 44.6 Å². The summed E-state index contributed by atoms with van der Waals surface area (Å²) in [6.45, 7) is 0.598. The third-order valence-corrected chi connectivity index (χ3v) is 10.3. The van der Waals surface area contributed by atoms with Crippen molar-refractivity contribution in [1.82, 2.24) is 46.9 Å². The van der Waals surface area contributed by atoms with E-state index >= 15 is 0 Å². The standard InChI is InChI=1S/C39H48N12O7S/c1-22-34(54)49-31(17-26-18-42-21-46-26)38(58)50-29(14-23-8-3-2-4-9-23)37(57)48-28(12-7-13-43-39(40)41)36(56)51-30(16-25-15-24-10-5-6-11-27(24)47-25)35(55)45-19-32(52)44-20-33(53)59-22/h2-6,8-11,15,18,21-22,28-31,47H,7,12-14,16-17,19-20H2,1H3,(H,42,46)(H,44,52)(H,45,55)(H,48,57)(H,49,54)(H,50,58)(H,51,56)(H4,40,41,43)/t22?,28-,29?,30-,31-/m0/s1. The van der Waals surface area contributed by atoms with Crippen LogP contribution in [-0.2, 0) is 52.8 Å². The summed E-state index contributed by atoms with van der Waals surface area (Å²) in [5.74, 6) is -4.43. The van der Waals surface area contributed by atoms with Gasteiger partial charge in [0, 0.05) is 48.9 Å². The molecule has 1 aliphatic rings. The number of para-hydroxylation sites is 1. The molecule has 0 bridgehead atoms. The predicted molar refractivity (Wildman–Crippen MR) is 220 cm³/mol. The molecule has 1 aliphatic heterocycles. The highest BCUT2D eigenvalue weighted by molar-refractivity contribution is 8.14. The Labute approximate surface area is 343 Å². The summed E-state index contributed by atoms with van der Waals surface area (Å²) in [4.78, 5) is 109. The van der Waals surface area contributed by atoms with Crippen molar-refractivity contribution in [1.29, 1.82) is 0 Å². The number of H-pyrrole nitrogens is 2. The molecule has 5 atom stereocenters. The fourth-order valence-corrected chi connectivity index (χ4v) is 6.98. The van der Waals surface area contributed by atoms with Crippen molar-refractivity contribution in [2.45, 2.75) is 68.4 Å². The Balaban J connectivity index is 1.49. The van der Waals surface area contributed by atoms with Crippen molar-refractivity contribution in [3.8, 4) is 0 Å². The number of aromatic nitrogens is 3. The SMILES string of the molecule is CC1SC(=O)CNC(=O)CNC(=O)[C@H](Cc2cc3ccccc3[nH]2)NC(=O)[C@H](CCCN=C(N)N)NC(=O)C(Cc2ccccc2)NC(=O)[C@H](Cc2cnc[nH]2)NC1=O. The molecule has 4 aromatic rings. The lowest BCUT2D eigenvalue weighted by Gasteiger charge is -2.27. The first-order chi connectivity index (χ1) is 28.3. The van der Waals surface area contributed by atoms with Crippen molar-refractivity contribution >= 4 is 69.2 Å². The van der Waals surface area contributed by atoms with Gasteiger partial charge in [-0.1, -0.05) is 60.3 Å². The maximum absolute atomic E-state index is 14.3. The van der Waals surface area contributed by atoms with Crippen LogP contribution in [0.1, 0.15) is 36.7 Å². The number of carbonyl (C=O) groups is 7. The van der Waals surface area contributed by atoms with Gasteiger partial charge in [-0.15, -0.1) is 0 Å². The van der Waals surface area contributed by atoms with Crippen LogP contribution >= 0.6 is 11.8 Å². The van der Waals surface area contributed by atoms with Gasteiger partial charge in [-0.2, -0.15) is 0 Å². The Morgan fingerprint density at radius 3 is 2.05 bits per heavy atom. The number of carbonyl (C=O) groups excluding carboxylic acids is 7. The summed E-state index contributed by atoms with van der Waals surface area (Å²) >= 11 is 0.648. The van der Waals surface area contributed by atoms with Gasteiger partial charge in [-0.05, 0) is 42.8 Å². The molecule has 2 aromatic carbocycles. The Morgan fingerprint density at radius 1 is 0.729 bits per heavy atom. The third-order valence-electron chi connectivity index (χ3n) is 9.28. The van der Waals surface area contributed by atoms with Gasteiger partial charge in [0.15, 0.2) is 5.96 Å². The molecule has 0 spiro atoms. The number of hydrogen-bond donors (Lipinski definition) is 10. The number of guanidine groups is 1. The molecule has 12 N–H and O–H groups in total. The van der Waals surface area contributed by atoms with Crippen LogP contribution in [0, 0.1) is 0 Å². The number of nitrogens with two attached hydrogens (primary N) is 2. The Kier molecular flexibility index (Phi) is 15.6. The summed E-state index contributed by atoms with van der Waals surface area (Å²) < 4.78 is 0. The lowest BCUT2D eigenvalue weighted by atomic mass is 10.0. The molecular weight excluding hydrogens is 781 g/mol. The Bertz CT molecular complexity index is 2110. The fraction of sp³-hybridized carbons (Fsp3) is 0.359. The van der Waals surface area contributed by atoms with Gasteiger partial charge in [0.2, 0.25) is 40.6 Å². The molecule has 0 aliphatic carbocycles. The fourth-order valence-electron chi connectivity index (χ4n) is 6.25. The number of amides is 6. The quantitative estimate of drug-likeness (QED) is 0.0515. The van der Waals surface area contributed by atoms with Crippen LogP contribution in [0.25, 0.3) is 10.9 Å². The number of nitrogens with one attached hydrogen (secondary N) is 8. The number of rotatable bonds is 10. The van der Waals surface area contributed by atoms with Gasteiger partial charge >= 0.3 is 0 Å².